The van der Waals surface area contributed by atoms with Crippen molar-refractivity contribution >= 4 is 39.1 Å². The van der Waals surface area contributed by atoms with Crippen molar-refractivity contribution in [1.82, 2.24) is 9.88 Å². The third-order valence-corrected chi connectivity index (χ3v) is 6.53. The number of amides is 2. The zero-order chi connectivity index (χ0) is 21.2. The molecule has 1 aliphatic rings. The van der Waals surface area contributed by atoms with Crippen LogP contribution in [0.15, 0.2) is 72.8 Å². The molecule has 0 spiro atoms. The molecule has 1 aliphatic heterocycles. The molecule has 0 aliphatic carbocycles. The van der Waals surface area contributed by atoms with Crippen molar-refractivity contribution in [3.63, 3.8) is 0 Å². The molecule has 4 aromatic rings. The third kappa shape index (κ3) is 4.20. The highest BCUT2D eigenvalue weighted by molar-refractivity contribution is 7.21. The summed E-state index contributed by atoms with van der Waals surface area (Å²) < 4.78 is 1.16. The van der Waals surface area contributed by atoms with Gasteiger partial charge in [0, 0.05) is 36.3 Å². The molecule has 5 nitrogen and oxygen atoms in total. The van der Waals surface area contributed by atoms with Crippen LogP contribution in [-0.4, -0.2) is 28.2 Å². The summed E-state index contributed by atoms with van der Waals surface area (Å²) >= 11 is 1.66. The maximum Gasteiger partial charge on any atom is 0.255 e. The number of nitrogens with zero attached hydrogens (tertiary/aromatic N) is 2. The Hall–Kier alpha value is -3.51. The second-order valence-electron chi connectivity index (χ2n) is 7.63. The lowest BCUT2D eigenvalue weighted by Crippen LogP contribution is -2.23. The van der Waals surface area contributed by atoms with E-state index in [4.69, 9.17) is 0 Å². The predicted molar refractivity (Wildman–Crippen MR) is 124 cm³/mol. The minimum Gasteiger partial charge on any atom is -0.338 e. The van der Waals surface area contributed by atoms with Crippen LogP contribution < -0.4 is 5.32 Å². The molecule has 31 heavy (non-hydrogen) atoms. The zero-order valence-electron chi connectivity index (χ0n) is 16.9. The van der Waals surface area contributed by atoms with Crippen LogP contribution in [0.5, 0.6) is 0 Å². The van der Waals surface area contributed by atoms with Gasteiger partial charge in [0.15, 0.2) is 0 Å². The number of aromatic nitrogens is 1. The first-order valence-electron chi connectivity index (χ1n) is 10.3. The lowest BCUT2D eigenvalue weighted by atomic mass is 10.1. The average molecular weight is 428 g/mol. The number of thiazole rings is 1. The van der Waals surface area contributed by atoms with Gasteiger partial charge in [0.2, 0.25) is 5.91 Å². The fourth-order valence-corrected chi connectivity index (χ4v) is 4.72. The minimum absolute atomic E-state index is 0.156. The molecule has 0 radical (unpaired) electrons. The fraction of sp³-hybridized carbons (Fsp3) is 0.160. The first-order chi connectivity index (χ1) is 15.2. The Morgan fingerprint density at radius 2 is 1.77 bits per heavy atom. The monoisotopic (exact) mass is 427 g/mol. The van der Waals surface area contributed by atoms with Gasteiger partial charge in [0.1, 0.15) is 5.01 Å². The Bertz CT molecular complexity index is 1210. The molecule has 1 aromatic heterocycles. The van der Waals surface area contributed by atoms with Crippen LogP contribution >= 0.6 is 11.3 Å². The van der Waals surface area contributed by atoms with E-state index in [1.54, 1.807) is 23.5 Å². The average Bonchev–Trinajstić information content (AvgIpc) is 3.41. The van der Waals surface area contributed by atoms with Crippen LogP contribution in [0.2, 0.25) is 0 Å². The molecule has 2 amide bonds. The number of para-hydroxylation sites is 1. The van der Waals surface area contributed by atoms with Gasteiger partial charge in [0.25, 0.3) is 5.91 Å². The Morgan fingerprint density at radius 3 is 2.48 bits per heavy atom. The van der Waals surface area contributed by atoms with Crippen molar-refractivity contribution < 1.29 is 9.59 Å². The Morgan fingerprint density at radius 1 is 1.00 bits per heavy atom. The van der Waals surface area contributed by atoms with E-state index in [-0.39, 0.29) is 11.8 Å². The Labute approximate surface area is 184 Å². The quantitative estimate of drug-likeness (QED) is 0.468. The summed E-state index contributed by atoms with van der Waals surface area (Å²) in [4.78, 5) is 30.9. The van der Waals surface area contributed by atoms with Gasteiger partial charge >= 0.3 is 0 Å². The van der Waals surface area contributed by atoms with E-state index in [0.717, 1.165) is 45.0 Å². The summed E-state index contributed by atoms with van der Waals surface area (Å²) in [6.07, 6.45) is 1.56. The number of hydrogen-bond donors (Lipinski definition) is 1. The first kappa shape index (κ1) is 19.5. The van der Waals surface area contributed by atoms with Crippen LogP contribution in [-0.2, 0) is 11.3 Å². The fourth-order valence-electron chi connectivity index (χ4n) is 3.75. The summed E-state index contributed by atoms with van der Waals surface area (Å²) in [5.41, 5.74) is 4.39. The van der Waals surface area contributed by atoms with Crippen molar-refractivity contribution in [2.75, 3.05) is 11.9 Å². The van der Waals surface area contributed by atoms with Crippen molar-refractivity contribution in [2.45, 2.75) is 19.4 Å². The molecular weight excluding hydrogens is 406 g/mol. The molecule has 5 rings (SSSR count). The van der Waals surface area contributed by atoms with E-state index in [9.17, 15) is 9.59 Å². The van der Waals surface area contributed by atoms with E-state index in [0.29, 0.717) is 18.5 Å². The number of fused-ring (bicyclic) bond motifs is 1. The SMILES string of the molecule is O=C(Nc1ccc(-c2nc3ccccc3s2)cc1)c1ccc(CN2CCCC2=O)cc1. The normalized spacial score (nSPS) is 13.7. The summed E-state index contributed by atoms with van der Waals surface area (Å²) in [5, 5.41) is 3.91. The van der Waals surface area contributed by atoms with Crippen LogP contribution in [0.3, 0.4) is 0 Å². The number of rotatable bonds is 5. The maximum atomic E-state index is 12.6. The van der Waals surface area contributed by atoms with E-state index < -0.39 is 0 Å². The second-order valence-corrected chi connectivity index (χ2v) is 8.66. The maximum absolute atomic E-state index is 12.6. The lowest BCUT2D eigenvalue weighted by Gasteiger charge is -2.15. The van der Waals surface area contributed by atoms with Gasteiger partial charge in [-0.3, -0.25) is 9.59 Å². The van der Waals surface area contributed by atoms with E-state index in [2.05, 4.69) is 16.4 Å². The van der Waals surface area contributed by atoms with Gasteiger partial charge < -0.3 is 10.2 Å². The highest BCUT2D eigenvalue weighted by Gasteiger charge is 2.20. The third-order valence-electron chi connectivity index (χ3n) is 5.44. The predicted octanol–water partition coefficient (Wildman–Crippen LogP) is 5.34. The lowest BCUT2D eigenvalue weighted by molar-refractivity contribution is -0.128. The molecule has 154 valence electrons. The zero-order valence-corrected chi connectivity index (χ0v) is 17.7. The summed E-state index contributed by atoms with van der Waals surface area (Å²) in [6.45, 7) is 1.42. The minimum atomic E-state index is -0.156. The topological polar surface area (TPSA) is 62.3 Å². The van der Waals surface area contributed by atoms with Crippen molar-refractivity contribution in [1.29, 1.82) is 0 Å². The number of carbonyl (C=O) groups excluding carboxylic acids is 2. The molecule has 0 saturated carbocycles. The number of hydrogen-bond acceptors (Lipinski definition) is 4. The summed E-state index contributed by atoms with van der Waals surface area (Å²) in [5.74, 6) is 0.0487. The Kier molecular flexibility index (Phi) is 5.22. The molecule has 2 heterocycles. The highest BCUT2D eigenvalue weighted by Crippen LogP contribution is 2.30. The van der Waals surface area contributed by atoms with E-state index in [1.165, 1.54) is 0 Å². The molecule has 6 heteroatoms. The van der Waals surface area contributed by atoms with Gasteiger partial charge in [-0.05, 0) is 60.5 Å². The number of nitrogens with one attached hydrogen (secondary N) is 1. The summed E-state index contributed by atoms with van der Waals surface area (Å²) in [7, 11) is 0. The number of anilines is 1. The molecule has 1 N–H and O–H groups in total. The van der Waals surface area contributed by atoms with Crippen molar-refractivity contribution in [2.24, 2.45) is 0 Å². The molecule has 3 aromatic carbocycles. The van der Waals surface area contributed by atoms with Crippen LogP contribution in [0, 0.1) is 0 Å². The number of benzene rings is 3. The highest BCUT2D eigenvalue weighted by atomic mass is 32.1. The van der Waals surface area contributed by atoms with E-state index >= 15 is 0 Å². The van der Waals surface area contributed by atoms with E-state index in [1.807, 2.05) is 59.5 Å². The molecule has 0 bridgehead atoms. The number of likely N-dealkylation sites (tertiary alicyclic amines) is 1. The van der Waals surface area contributed by atoms with Gasteiger partial charge in [-0.15, -0.1) is 11.3 Å². The number of carbonyl (C=O) groups is 2. The van der Waals surface area contributed by atoms with Crippen LogP contribution in [0.25, 0.3) is 20.8 Å². The second kappa shape index (κ2) is 8.32. The van der Waals surface area contributed by atoms with Crippen molar-refractivity contribution in [3.05, 3.63) is 83.9 Å². The van der Waals surface area contributed by atoms with Crippen LogP contribution in [0.4, 0.5) is 5.69 Å². The molecule has 1 saturated heterocycles. The molecular formula is C25H21N3O2S. The molecule has 0 atom stereocenters. The van der Waals surface area contributed by atoms with Gasteiger partial charge in [-0.1, -0.05) is 24.3 Å². The molecule has 1 fully saturated rings. The van der Waals surface area contributed by atoms with Crippen LogP contribution in [0.1, 0.15) is 28.8 Å². The van der Waals surface area contributed by atoms with Gasteiger partial charge in [0.05, 0.1) is 10.2 Å². The van der Waals surface area contributed by atoms with Gasteiger partial charge in [-0.25, -0.2) is 4.98 Å². The smallest absolute Gasteiger partial charge is 0.255 e. The standard InChI is InChI=1S/C25H21N3O2S/c29-23-6-3-15-28(23)16-17-7-9-18(10-8-17)24(30)26-20-13-11-19(12-14-20)25-27-21-4-1-2-5-22(21)31-25/h1-2,4-5,7-14H,3,6,15-16H2,(H,26,30). The Balaban J connectivity index is 1.24. The van der Waals surface area contributed by atoms with Gasteiger partial charge in [-0.2, -0.15) is 0 Å². The molecule has 0 unspecified atom stereocenters. The largest absolute Gasteiger partial charge is 0.338 e. The van der Waals surface area contributed by atoms with Crippen molar-refractivity contribution in [3.8, 4) is 10.6 Å². The summed E-state index contributed by atoms with van der Waals surface area (Å²) in [6, 6.07) is 23.3. The first-order valence-corrected chi connectivity index (χ1v) is 11.1.